The van der Waals surface area contributed by atoms with Crippen LogP contribution in [0.25, 0.3) is 0 Å². The fourth-order valence-corrected chi connectivity index (χ4v) is 2.68. The molecule has 0 amide bonds. The lowest BCUT2D eigenvalue weighted by atomic mass is 9.73. The van der Waals surface area contributed by atoms with E-state index >= 15 is 0 Å². The molecule has 1 nitrogen and oxygen atoms in total. The van der Waals surface area contributed by atoms with Crippen molar-refractivity contribution in [3.05, 3.63) is 35.2 Å². The fourth-order valence-electron chi connectivity index (χ4n) is 2.68. The number of hydrogen-bond acceptors (Lipinski definition) is 0. The molecule has 1 heterocycles. The second-order valence-electron chi connectivity index (χ2n) is 3.96. The Balaban J connectivity index is 2.26. The van der Waals surface area contributed by atoms with E-state index < -0.39 is 0 Å². The van der Waals surface area contributed by atoms with Crippen LogP contribution in [0.2, 0.25) is 0 Å². The molecule has 1 aromatic heterocycles. The lowest BCUT2D eigenvalue weighted by molar-refractivity contribution is 0.555. The largest absolute Gasteiger partial charge is 0.365 e. The van der Waals surface area contributed by atoms with E-state index in [0.717, 1.165) is 11.8 Å². The van der Waals surface area contributed by atoms with Gasteiger partial charge in [-0.2, -0.15) is 0 Å². The second-order valence-corrected chi connectivity index (χ2v) is 3.96. The van der Waals surface area contributed by atoms with Gasteiger partial charge in [-0.25, -0.2) is 0 Å². The highest BCUT2D eigenvalue weighted by Gasteiger charge is 2.30. The summed E-state index contributed by atoms with van der Waals surface area (Å²) < 4.78 is 0. The van der Waals surface area contributed by atoms with Crippen molar-refractivity contribution in [2.75, 3.05) is 0 Å². The Morgan fingerprint density at radius 3 is 2.67 bits per heavy atom. The first kappa shape index (κ1) is 6.53. The van der Waals surface area contributed by atoms with Crippen molar-refractivity contribution < 1.29 is 0 Å². The van der Waals surface area contributed by atoms with Crippen LogP contribution in [0.1, 0.15) is 41.5 Å². The molecule has 1 heteroatoms. The minimum absolute atomic E-state index is 0.718. The number of aryl methyl sites for hydroxylation is 1. The van der Waals surface area contributed by atoms with Gasteiger partial charge in [0.05, 0.1) is 0 Å². The van der Waals surface area contributed by atoms with E-state index in [1.54, 1.807) is 11.1 Å². The Morgan fingerprint density at radius 1 is 1.25 bits per heavy atom. The van der Waals surface area contributed by atoms with Crippen LogP contribution in [-0.4, -0.2) is 4.98 Å². The Kier molecular flexibility index (Phi) is 1.11. The molecule has 2 atom stereocenters. The van der Waals surface area contributed by atoms with Gasteiger partial charge < -0.3 is 4.98 Å². The molecular weight excluding hydrogens is 146 g/mol. The number of H-pyrrole nitrogens is 1. The molecule has 1 aromatic rings. The number of fused-ring (bicyclic) bond motifs is 1. The first-order valence-electron chi connectivity index (χ1n) is 4.72. The van der Waals surface area contributed by atoms with Crippen molar-refractivity contribution in [3.8, 4) is 0 Å². The maximum absolute atomic E-state index is 3.34. The smallest absolute Gasteiger partial charge is 0.0157 e. The molecular formula is C11H13N. The molecule has 3 aliphatic carbocycles. The topological polar surface area (TPSA) is 15.8 Å². The standard InChI is InChI=1S/C11H13N/c1-7-11-9-4-2-8(3-5-9)10(11)6-12-7/h2,4,6,8-9,12H,3,5H2,1H3/t8-,9+/m1/s1. The molecule has 12 heavy (non-hydrogen) atoms. The summed E-state index contributed by atoms with van der Waals surface area (Å²) in [5.41, 5.74) is 4.53. The maximum atomic E-state index is 3.34. The highest BCUT2D eigenvalue weighted by Crippen LogP contribution is 2.45. The van der Waals surface area contributed by atoms with Crippen LogP contribution in [0.5, 0.6) is 0 Å². The first-order chi connectivity index (χ1) is 5.86. The quantitative estimate of drug-likeness (QED) is 0.560. The Labute approximate surface area is 72.5 Å². The number of rotatable bonds is 0. The zero-order valence-electron chi connectivity index (χ0n) is 7.30. The van der Waals surface area contributed by atoms with E-state index in [4.69, 9.17) is 0 Å². The minimum atomic E-state index is 0.718. The molecule has 0 spiro atoms. The molecule has 62 valence electrons. The van der Waals surface area contributed by atoms with Crippen LogP contribution in [0, 0.1) is 6.92 Å². The van der Waals surface area contributed by atoms with Crippen molar-refractivity contribution in [3.63, 3.8) is 0 Å². The lowest BCUT2D eigenvalue weighted by Crippen LogP contribution is -2.15. The summed E-state index contributed by atoms with van der Waals surface area (Å²) in [4.78, 5) is 3.34. The highest BCUT2D eigenvalue weighted by atomic mass is 14.7. The summed E-state index contributed by atoms with van der Waals surface area (Å²) in [5, 5.41) is 0. The van der Waals surface area contributed by atoms with Gasteiger partial charge in [0.15, 0.2) is 0 Å². The molecule has 4 rings (SSSR count). The predicted molar refractivity (Wildman–Crippen MR) is 49.4 cm³/mol. The number of aromatic nitrogens is 1. The molecule has 2 bridgehead atoms. The van der Waals surface area contributed by atoms with Crippen molar-refractivity contribution in [2.45, 2.75) is 31.6 Å². The number of nitrogens with one attached hydrogen (secondary N) is 1. The fraction of sp³-hybridized carbons (Fsp3) is 0.455. The zero-order chi connectivity index (χ0) is 8.13. The van der Waals surface area contributed by atoms with Crippen LogP contribution in [0.3, 0.4) is 0 Å². The maximum Gasteiger partial charge on any atom is 0.0157 e. The first-order valence-corrected chi connectivity index (χ1v) is 4.72. The number of aromatic amines is 1. The van der Waals surface area contributed by atoms with Crippen molar-refractivity contribution in [1.82, 2.24) is 4.98 Å². The van der Waals surface area contributed by atoms with Gasteiger partial charge in [0, 0.05) is 23.7 Å². The highest BCUT2D eigenvalue weighted by molar-refractivity contribution is 5.46. The third-order valence-corrected chi connectivity index (χ3v) is 3.29. The van der Waals surface area contributed by atoms with Gasteiger partial charge in [-0.05, 0) is 30.9 Å². The van der Waals surface area contributed by atoms with Crippen molar-refractivity contribution in [1.29, 1.82) is 0 Å². The normalized spacial score (nSPS) is 30.8. The van der Waals surface area contributed by atoms with Crippen LogP contribution < -0.4 is 0 Å². The van der Waals surface area contributed by atoms with E-state index in [1.807, 2.05) is 0 Å². The van der Waals surface area contributed by atoms with Gasteiger partial charge in [0.2, 0.25) is 0 Å². The molecule has 0 aliphatic heterocycles. The van der Waals surface area contributed by atoms with E-state index in [0.29, 0.717) is 0 Å². The third-order valence-electron chi connectivity index (χ3n) is 3.29. The SMILES string of the molecule is Cc1[nH]cc2c1[C@H]1C=C[C@@H]2CC1. The number of hydrogen-bond donors (Lipinski definition) is 1. The van der Waals surface area contributed by atoms with Crippen LogP contribution in [0.4, 0.5) is 0 Å². The van der Waals surface area contributed by atoms with Gasteiger partial charge in [-0.15, -0.1) is 0 Å². The molecule has 3 aliphatic rings. The number of allylic oxidation sites excluding steroid dienone is 2. The second kappa shape index (κ2) is 2.03. The zero-order valence-corrected chi connectivity index (χ0v) is 7.30. The van der Waals surface area contributed by atoms with Gasteiger partial charge in [-0.3, -0.25) is 0 Å². The lowest BCUT2D eigenvalue weighted by Gasteiger charge is -2.31. The molecule has 0 unspecified atom stereocenters. The molecule has 0 saturated carbocycles. The van der Waals surface area contributed by atoms with E-state index in [-0.39, 0.29) is 0 Å². The Hall–Kier alpha value is -0.980. The van der Waals surface area contributed by atoms with E-state index in [1.165, 1.54) is 18.5 Å². The molecule has 0 aromatic carbocycles. The van der Waals surface area contributed by atoms with E-state index in [9.17, 15) is 0 Å². The monoisotopic (exact) mass is 159 g/mol. The average molecular weight is 159 g/mol. The van der Waals surface area contributed by atoms with Crippen LogP contribution in [0.15, 0.2) is 18.3 Å². The summed E-state index contributed by atoms with van der Waals surface area (Å²) in [6, 6.07) is 0. The summed E-state index contributed by atoms with van der Waals surface area (Å²) in [7, 11) is 0. The Morgan fingerprint density at radius 2 is 2.00 bits per heavy atom. The predicted octanol–water partition coefficient (Wildman–Crippen LogP) is 2.85. The minimum Gasteiger partial charge on any atom is -0.365 e. The van der Waals surface area contributed by atoms with Gasteiger partial charge in [0.25, 0.3) is 0 Å². The summed E-state index contributed by atoms with van der Waals surface area (Å²) in [5.74, 6) is 1.44. The van der Waals surface area contributed by atoms with Gasteiger partial charge in [0.1, 0.15) is 0 Å². The summed E-state index contributed by atoms with van der Waals surface area (Å²) in [6.45, 7) is 2.19. The molecule has 0 saturated heterocycles. The van der Waals surface area contributed by atoms with Crippen LogP contribution >= 0.6 is 0 Å². The van der Waals surface area contributed by atoms with Crippen molar-refractivity contribution in [2.24, 2.45) is 0 Å². The molecule has 0 fully saturated rings. The van der Waals surface area contributed by atoms with Gasteiger partial charge >= 0.3 is 0 Å². The van der Waals surface area contributed by atoms with Crippen molar-refractivity contribution >= 4 is 0 Å². The van der Waals surface area contributed by atoms with Crippen LogP contribution in [-0.2, 0) is 0 Å². The average Bonchev–Trinajstić information content (AvgIpc) is 2.53. The molecule has 0 radical (unpaired) electrons. The van der Waals surface area contributed by atoms with Gasteiger partial charge in [-0.1, -0.05) is 12.2 Å². The third kappa shape index (κ3) is 0.644. The summed E-state index contributed by atoms with van der Waals surface area (Å²) in [6.07, 6.45) is 9.67. The summed E-state index contributed by atoms with van der Waals surface area (Å²) >= 11 is 0. The van der Waals surface area contributed by atoms with E-state index in [2.05, 4.69) is 30.3 Å². The Bertz CT molecular complexity index is 346. The molecule has 1 N–H and O–H groups in total.